The highest BCUT2D eigenvalue weighted by atomic mass is 79.9. The number of nitrogens with zero attached hydrogens (tertiary/aromatic N) is 6. The predicted molar refractivity (Wildman–Crippen MR) is 84.4 cm³/mol. The van der Waals surface area contributed by atoms with E-state index in [0.29, 0.717) is 17.9 Å². The molecule has 0 saturated carbocycles. The van der Waals surface area contributed by atoms with Gasteiger partial charge in [-0.15, -0.1) is 0 Å². The average molecular weight is 363 g/mol. The maximum absolute atomic E-state index is 12.5. The van der Waals surface area contributed by atoms with Crippen LogP contribution in [0.3, 0.4) is 0 Å². The number of aromatic nitrogens is 5. The van der Waals surface area contributed by atoms with Crippen molar-refractivity contribution in [2.24, 2.45) is 0 Å². The van der Waals surface area contributed by atoms with Crippen LogP contribution >= 0.6 is 15.9 Å². The number of amides is 1. The average Bonchev–Trinajstić information content (AvgIpc) is 3.10. The monoisotopic (exact) mass is 362 g/mol. The summed E-state index contributed by atoms with van der Waals surface area (Å²) in [5.74, 6) is -0.152. The van der Waals surface area contributed by atoms with Gasteiger partial charge >= 0.3 is 0 Å². The van der Waals surface area contributed by atoms with Crippen molar-refractivity contribution in [3.8, 4) is 0 Å². The molecule has 0 aliphatic rings. The van der Waals surface area contributed by atoms with Gasteiger partial charge in [0.1, 0.15) is 0 Å². The molecule has 0 atom stereocenters. The van der Waals surface area contributed by atoms with Crippen LogP contribution in [0.2, 0.25) is 0 Å². The molecule has 0 saturated heterocycles. The first kappa shape index (κ1) is 14.7. The molecule has 22 heavy (non-hydrogen) atoms. The zero-order valence-corrected chi connectivity index (χ0v) is 13.9. The molecule has 0 bridgehead atoms. The van der Waals surface area contributed by atoms with Gasteiger partial charge in [-0.05, 0) is 28.9 Å². The van der Waals surface area contributed by atoms with Crippen LogP contribution in [0, 0.1) is 0 Å². The number of carbonyl (C=O) groups is 1. The molecule has 0 fully saturated rings. The molecule has 0 radical (unpaired) electrons. The summed E-state index contributed by atoms with van der Waals surface area (Å²) < 4.78 is 4.34. The number of fused-ring (bicyclic) bond motifs is 1. The van der Waals surface area contributed by atoms with Gasteiger partial charge in [-0.1, -0.05) is 0 Å². The van der Waals surface area contributed by atoms with Gasteiger partial charge in [-0.3, -0.25) is 9.48 Å². The molecule has 0 aliphatic heterocycles. The van der Waals surface area contributed by atoms with Crippen molar-refractivity contribution < 1.29 is 4.79 Å². The third-order valence-corrected chi connectivity index (χ3v) is 4.05. The summed E-state index contributed by atoms with van der Waals surface area (Å²) in [6.07, 6.45) is 5.18. The minimum atomic E-state index is -0.152. The normalized spacial score (nSPS) is 11.0. The van der Waals surface area contributed by atoms with E-state index in [1.165, 1.54) is 0 Å². The Bertz CT molecular complexity index is 791. The lowest BCUT2D eigenvalue weighted by Crippen LogP contribution is -2.28. The Hall–Kier alpha value is -2.22. The van der Waals surface area contributed by atoms with E-state index in [9.17, 15) is 4.79 Å². The van der Waals surface area contributed by atoms with Gasteiger partial charge in [0.2, 0.25) is 0 Å². The fraction of sp³-hybridized carbons (Fsp3) is 0.286. The fourth-order valence-electron chi connectivity index (χ4n) is 2.24. The minimum absolute atomic E-state index is 0.152. The highest BCUT2D eigenvalue weighted by Crippen LogP contribution is 2.18. The van der Waals surface area contributed by atoms with Crippen LogP contribution < -0.4 is 0 Å². The lowest BCUT2D eigenvalue weighted by atomic mass is 10.3. The van der Waals surface area contributed by atoms with Gasteiger partial charge in [0.05, 0.1) is 22.9 Å². The molecule has 7 nitrogen and oxygen atoms in total. The van der Waals surface area contributed by atoms with E-state index >= 15 is 0 Å². The molecule has 3 aromatic rings. The van der Waals surface area contributed by atoms with Crippen LogP contribution in [0.4, 0.5) is 0 Å². The lowest BCUT2D eigenvalue weighted by molar-refractivity contribution is 0.0775. The molecule has 3 rings (SSSR count). The quantitative estimate of drug-likeness (QED) is 0.711. The number of hydrogen-bond donors (Lipinski definition) is 0. The first-order valence-corrected chi connectivity index (χ1v) is 7.65. The Morgan fingerprint density at radius 1 is 1.45 bits per heavy atom. The van der Waals surface area contributed by atoms with Crippen molar-refractivity contribution in [2.75, 3.05) is 7.05 Å². The minimum Gasteiger partial charge on any atom is -0.334 e. The van der Waals surface area contributed by atoms with Crippen LogP contribution in [0.15, 0.2) is 35.2 Å². The molecule has 3 heterocycles. The number of rotatable bonds is 4. The standard InChI is InChI=1S/C14H15BrN6O/c1-3-20-12(10(15)8-17-20)9-19(2)14(22)11-7-13-16-5-4-6-21(13)18-11/h4-8H,3,9H2,1-2H3. The summed E-state index contributed by atoms with van der Waals surface area (Å²) in [7, 11) is 1.75. The van der Waals surface area contributed by atoms with Gasteiger partial charge in [-0.2, -0.15) is 10.2 Å². The van der Waals surface area contributed by atoms with Crippen LogP contribution in [0.5, 0.6) is 0 Å². The molecule has 8 heteroatoms. The van der Waals surface area contributed by atoms with E-state index < -0.39 is 0 Å². The molecule has 0 unspecified atom stereocenters. The molecule has 3 aromatic heterocycles. The van der Waals surface area contributed by atoms with Crippen LogP contribution in [-0.4, -0.2) is 42.2 Å². The van der Waals surface area contributed by atoms with E-state index in [1.54, 1.807) is 47.2 Å². The molecule has 0 aromatic carbocycles. The van der Waals surface area contributed by atoms with Crippen LogP contribution in [0.1, 0.15) is 23.1 Å². The van der Waals surface area contributed by atoms with Gasteiger partial charge in [0.25, 0.3) is 5.91 Å². The smallest absolute Gasteiger partial charge is 0.274 e. The van der Waals surface area contributed by atoms with Gasteiger partial charge < -0.3 is 4.90 Å². The predicted octanol–water partition coefficient (Wildman–Crippen LogP) is 1.98. The fourth-order valence-corrected chi connectivity index (χ4v) is 2.67. The number of halogens is 1. The first-order chi connectivity index (χ1) is 10.6. The lowest BCUT2D eigenvalue weighted by Gasteiger charge is -2.16. The molecule has 114 valence electrons. The molecular formula is C14H15BrN6O. The van der Waals surface area contributed by atoms with Crippen molar-refractivity contribution >= 4 is 27.5 Å². The van der Waals surface area contributed by atoms with E-state index in [2.05, 4.69) is 31.1 Å². The Kier molecular flexibility index (Phi) is 3.93. The maximum Gasteiger partial charge on any atom is 0.274 e. The zero-order valence-electron chi connectivity index (χ0n) is 12.3. The SMILES string of the molecule is CCn1ncc(Br)c1CN(C)C(=O)c1cc2ncccn2n1. The number of carbonyl (C=O) groups excluding carboxylic acids is 1. The van der Waals surface area contributed by atoms with Gasteiger partial charge in [0, 0.05) is 32.1 Å². The van der Waals surface area contributed by atoms with Crippen molar-refractivity contribution in [3.05, 3.63) is 46.6 Å². The second-order valence-electron chi connectivity index (χ2n) is 4.87. The van der Waals surface area contributed by atoms with Gasteiger partial charge in [-0.25, -0.2) is 9.50 Å². The Morgan fingerprint density at radius 3 is 3.00 bits per heavy atom. The van der Waals surface area contributed by atoms with E-state index in [0.717, 1.165) is 16.7 Å². The summed E-state index contributed by atoms with van der Waals surface area (Å²) >= 11 is 3.47. The van der Waals surface area contributed by atoms with Crippen molar-refractivity contribution in [1.82, 2.24) is 29.3 Å². The zero-order chi connectivity index (χ0) is 15.7. The van der Waals surface area contributed by atoms with Crippen LogP contribution in [-0.2, 0) is 13.1 Å². The van der Waals surface area contributed by atoms with Crippen molar-refractivity contribution in [2.45, 2.75) is 20.0 Å². The second kappa shape index (κ2) is 5.88. The second-order valence-corrected chi connectivity index (χ2v) is 5.72. The molecule has 1 amide bonds. The molecular weight excluding hydrogens is 348 g/mol. The third kappa shape index (κ3) is 2.61. The highest BCUT2D eigenvalue weighted by molar-refractivity contribution is 9.10. The summed E-state index contributed by atoms with van der Waals surface area (Å²) in [6.45, 7) is 3.22. The van der Waals surface area contributed by atoms with Gasteiger partial charge in [0.15, 0.2) is 11.3 Å². The molecule has 0 aliphatic carbocycles. The van der Waals surface area contributed by atoms with E-state index in [-0.39, 0.29) is 5.91 Å². The maximum atomic E-state index is 12.5. The summed E-state index contributed by atoms with van der Waals surface area (Å²) in [5, 5.41) is 8.51. The highest BCUT2D eigenvalue weighted by Gasteiger charge is 2.19. The summed E-state index contributed by atoms with van der Waals surface area (Å²) in [4.78, 5) is 18.3. The van der Waals surface area contributed by atoms with E-state index in [4.69, 9.17) is 0 Å². The van der Waals surface area contributed by atoms with E-state index in [1.807, 2.05) is 11.6 Å². The first-order valence-electron chi connectivity index (χ1n) is 6.86. The summed E-state index contributed by atoms with van der Waals surface area (Å²) in [6, 6.07) is 3.46. The Balaban J connectivity index is 1.83. The molecule has 0 N–H and O–H groups in total. The molecule has 0 spiro atoms. The third-order valence-electron chi connectivity index (χ3n) is 3.39. The van der Waals surface area contributed by atoms with Crippen molar-refractivity contribution in [3.63, 3.8) is 0 Å². The largest absolute Gasteiger partial charge is 0.334 e. The van der Waals surface area contributed by atoms with Crippen molar-refractivity contribution in [1.29, 1.82) is 0 Å². The number of hydrogen-bond acceptors (Lipinski definition) is 4. The topological polar surface area (TPSA) is 68.3 Å². The van der Waals surface area contributed by atoms with Crippen LogP contribution in [0.25, 0.3) is 5.65 Å². The number of aryl methyl sites for hydroxylation is 1. The Labute approximate surface area is 135 Å². The Morgan fingerprint density at radius 2 is 2.27 bits per heavy atom. The summed E-state index contributed by atoms with van der Waals surface area (Å²) in [5.41, 5.74) is 1.99.